The van der Waals surface area contributed by atoms with Crippen molar-refractivity contribution in [3.63, 3.8) is 0 Å². The second-order valence-electron chi connectivity index (χ2n) is 8.52. The van der Waals surface area contributed by atoms with Gasteiger partial charge >= 0.3 is 0 Å². The van der Waals surface area contributed by atoms with Crippen LogP contribution in [-0.2, 0) is 9.59 Å². The van der Waals surface area contributed by atoms with Crippen molar-refractivity contribution >= 4 is 11.8 Å². The van der Waals surface area contributed by atoms with Crippen molar-refractivity contribution in [2.45, 2.75) is 89.1 Å². The van der Waals surface area contributed by atoms with E-state index in [1.54, 1.807) is 6.08 Å². The van der Waals surface area contributed by atoms with Crippen molar-refractivity contribution in [3.05, 3.63) is 24.8 Å². The Morgan fingerprint density at radius 2 is 1.41 bits per heavy atom. The van der Waals surface area contributed by atoms with E-state index in [4.69, 9.17) is 0 Å². The lowest BCUT2D eigenvalue weighted by Gasteiger charge is -2.44. The summed E-state index contributed by atoms with van der Waals surface area (Å²) in [7, 11) is 0. The van der Waals surface area contributed by atoms with Gasteiger partial charge in [-0.1, -0.05) is 56.8 Å². The van der Waals surface area contributed by atoms with Gasteiger partial charge in [-0.15, -0.1) is 6.58 Å². The second-order valence-corrected chi connectivity index (χ2v) is 8.52. The van der Waals surface area contributed by atoms with E-state index in [9.17, 15) is 9.59 Å². The van der Waals surface area contributed by atoms with Gasteiger partial charge in [0.1, 0.15) is 0 Å². The minimum atomic E-state index is -0.239. The molecule has 0 aromatic rings. The van der Waals surface area contributed by atoms with E-state index in [1.165, 1.54) is 38.5 Å². The van der Waals surface area contributed by atoms with Gasteiger partial charge in [-0.2, -0.15) is 0 Å². The van der Waals surface area contributed by atoms with Crippen LogP contribution in [0.5, 0.6) is 0 Å². The van der Waals surface area contributed by atoms with Crippen LogP contribution in [0, 0.1) is 11.8 Å². The molecule has 0 aromatic carbocycles. The Morgan fingerprint density at radius 1 is 0.889 bits per heavy atom. The number of hydrogen-bond donors (Lipinski definition) is 1. The van der Waals surface area contributed by atoms with Crippen LogP contribution < -0.4 is 5.32 Å². The first kappa shape index (κ1) is 20.2. The third-order valence-electron chi connectivity index (χ3n) is 6.70. The third kappa shape index (κ3) is 5.03. The normalized spacial score (nSPS) is 27.1. The predicted octanol–water partition coefficient (Wildman–Crippen LogP) is 4.37. The molecule has 0 saturated heterocycles. The van der Waals surface area contributed by atoms with Gasteiger partial charge in [-0.05, 0) is 38.5 Å². The van der Waals surface area contributed by atoms with E-state index in [0.717, 1.165) is 25.7 Å². The number of rotatable bonds is 6. The van der Waals surface area contributed by atoms with Crippen LogP contribution in [0.1, 0.15) is 77.0 Å². The molecule has 0 spiro atoms. The van der Waals surface area contributed by atoms with Gasteiger partial charge in [0.2, 0.25) is 11.8 Å². The van der Waals surface area contributed by atoms with Crippen LogP contribution in [0.25, 0.3) is 0 Å². The number of carbonyl (C=O) groups excluding carboxylic acids is 2. The Bertz CT molecular complexity index is 527. The fourth-order valence-electron chi connectivity index (χ4n) is 5.25. The first-order chi connectivity index (χ1) is 13.2. The van der Waals surface area contributed by atoms with Crippen molar-refractivity contribution in [2.75, 3.05) is 6.54 Å². The number of amides is 2. The fourth-order valence-corrected chi connectivity index (χ4v) is 5.25. The van der Waals surface area contributed by atoms with Crippen molar-refractivity contribution in [1.82, 2.24) is 10.2 Å². The molecule has 0 aliphatic heterocycles. The first-order valence-corrected chi connectivity index (χ1v) is 11.1. The van der Waals surface area contributed by atoms with Gasteiger partial charge in [-0.3, -0.25) is 9.59 Å². The predicted molar refractivity (Wildman–Crippen MR) is 109 cm³/mol. The van der Waals surface area contributed by atoms with Crippen molar-refractivity contribution in [2.24, 2.45) is 11.8 Å². The maximum atomic E-state index is 13.8. The lowest BCUT2D eigenvalue weighted by Crippen LogP contribution is -2.53. The molecule has 2 atom stereocenters. The largest absolute Gasteiger partial charge is 0.352 e. The smallest absolute Gasteiger partial charge is 0.227 e. The van der Waals surface area contributed by atoms with Crippen LogP contribution in [0.4, 0.5) is 0 Å². The molecule has 27 heavy (non-hydrogen) atoms. The zero-order valence-corrected chi connectivity index (χ0v) is 16.7. The minimum absolute atomic E-state index is 0.00448. The van der Waals surface area contributed by atoms with Gasteiger partial charge in [0.05, 0.1) is 11.8 Å². The number of hydrogen-bond acceptors (Lipinski definition) is 2. The minimum Gasteiger partial charge on any atom is -0.352 e. The van der Waals surface area contributed by atoms with Gasteiger partial charge in [0.25, 0.3) is 0 Å². The van der Waals surface area contributed by atoms with Crippen LogP contribution >= 0.6 is 0 Å². The monoisotopic (exact) mass is 372 g/mol. The molecule has 2 unspecified atom stereocenters. The molecule has 0 radical (unpaired) electrons. The topological polar surface area (TPSA) is 49.4 Å². The highest BCUT2D eigenvalue weighted by Crippen LogP contribution is 2.35. The molecule has 0 heterocycles. The molecule has 2 fully saturated rings. The Balaban J connectivity index is 1.78. The molecule has 0 aromatic heterocycles. The summed E-state index contributed by atoms with van der Waals surface area (Å²) in [5.74, 6) is -0.192. The quantitative estimate of drug-likeness (QED) is 0.704. The summed E-state index contributed by atoms with van der Waals surface area (Å²) in [6.07, 6.45) is 19.3. The standard InChI is InChI=1S/C23H36N2O2/c1-2-17-24-22(26)20-15-9-10-16-21(20)23(27)25(18-11-5-3-6-12-18)19-13-7-4-8-14-19/h2,9-10,18-21H,1,3-8,11-17H2,(H,24,26). The molecule has 2 saturated carbocycles. The Hall–Kier alpha value is -1.58. The fraction of sp³-hybridized carbons (Fsp3) is 0.739. The average molecular weight is 373 g/mol. The lowest BCUT2D eigenvalue weighted by atomic mass is 9.79. The summed E-state index contributed by atoms with van der Waals surface area (Å²) in [6, 6.07) is 0.772. The van der Waals surface area contributed by atoms with Crippen LogP contribution in [0.2, 0.25) is 0 Å². The highest BCUT2D eigenvalue weighted by Gasteiger charge is 2.41. The molecule has 150 valence electrons. The number of carbonyl (C=O) groups is 2. The summed E-state index contributed by atoms with van der Waals surface area (Å²) >= 11 is 0. The Morgan fingerprint density at radius 3 is 1.93 bits per heavy atom. The average Bonchev–Trinajstić information content (AvgIpc) is 2.73. The molecular weight excluding hydrogens is 336 g/mol. The summed E-state index contributed by atoms with van der Waals surface area (Å²) in [5, 5.41) is 2.92. The molecule has 4 heteroatoms. The number of nitrogens with zero attached hydrogens (tertiary/aromatic N) is 1. The van der Waals surface area contributed by atoms with Crippen LogP contribution in [0.3, 0.4) is 0 Å². The molecule has 1 N–H and O–H groups in total. The lowest BCUT2D eigenvalue weighted by molar-refractivity contribution is -0.147. The van der Waals surface area contributed by atoms with E-state index in [-0.39, 0.29) is 23.7 Å². The molecule has 3 rings (SSSR count). The zero-order chi connectivity index (χ0) is 19.1. The maximum absolute atomic E-state index is 13.8. The van der Waals surface area contributed by atoms with Gasteiger partial charge in [0, 0.05) is 18.6 Å². The molecule has 0 bridgehead atoms. The van der Waals surface area contributed by atoms with Gasteiger partial charge in [-0.25, -0.2) is 0 Å². The van der Waals surface area contributed by atoms with Crippen molar-refractivity contribution < 1.29 is 9.59 Å². The summed E-state index contributed by atoms with van der Waals surface area (Å²) < 4.78 is 0. The van der Waals surface area contributed by atoms with E-state index >= 15 is 0 Å². The maximum Gasteiger partial charge on any atom is 0.227 e. The van der Waals surface area contributed by atoms with E-state index in [2.05, 4.69) is 28.9 Å². The van der Waals surface area contributed by atoms with Gasteiger partial charge < -0.3 is 10.2 Å². The molecule has 3 aliphatic rings. The van der Waals surface area contributed by atoms with Crippen LogP contribution in [0.15, 0.2) is 24.8 Å². The van der Waals surface area contributed by atoms with Crippen molar-refractivity contribution in [1.29, 1.82) is 0 Å². The first-order valence-electron chi connectivity index (χ1n) is 11.1. The van der Waals surface area contributed by atoms with Crippen molar-refractivity contribution in [3.8, 4) is 0 Å². The SMILES string of the molecule is C=CCNC(=O)C1CC=CCC1C(=O)N(C1CCCCC1)C1CCCCC1. The third-order valence-corrected chi connectivity index (χ3v) is 6.70. The summed E-state index contributed by atoms with van der Waals surface area (Å²) in [6.45, 7) is 4.15. The second kappa shape index (κ2) is 10.1. The highest BCUT2D eigenvalue weighted by atomic mass is 16.2. The molecule has 3 aliphatic carbocycles. The summed E-state index contributed by atoms with van der Waals surface area (Å²) in [4.78, 5) is 28.7. The zero-order valence-electron chi connectivity index (χ0n) is 16.7. The van der Waals surface area contributed by atoms with Gasteiger partial charge in [0.15, 0.2) is 0 Å². The molecule has 4 nitrogen and oxygen atoms in total. The van der Waals surface area contributed by atoms with E-state index < -0.39 is 0 Å². The number of allylic oxidation sites excluding steroid dienone is 2. The number of nitrogens with one attached hydrogen (secondary N) is 1. The Labute approximate surface area is 164 Å². The van der Waals surface area contributed by atoms with E-state index in [1.807, 2.05) is 0 Å². The van der Waals surface area contributed by atoms with E-state index in [0.29, 0.717) is 31.5 Å². The Kier molecular flexibility index (Phi) is 7.54. The molecule has 2 amide bonds. The van der Waals surface area contributed by atoms with Crippen LogP contribution in [-0.4, -0.2) is 35.3 Å². The molecular formula is C23H36N2O2. The highest BCUT2D eigenvalue weighted by molar-refractivity contribution is 5.88. The summed E-state index contributed by atoms with van der Waals surface area (Å²) in [5.41, 5.74) is 0.